The lowest BCUT2D eigenvalue weighted by molar-refractivity contribution is -0.116. The first-order chi connectivity index (χ1) is 13.4. The highest BCUT2D eigenvalue weighted by Crippen LogP contribution is 2.27. The summed E-state index contributed by atoms with van der Waals surface area (Å²) in [6.45, 7) is -0.0205. The molecule has 2 aromatic carbocycles. The van der Waals surface area contributed by atoms with Crippen LogP contribution in [0.1, 0.15) is 27.1 Å². The Hall–Kier alpha value is -3.20. The fourth-order valence-corrected chi connectivity index (χ4v) is 4.95. The average Bonchev–Trinajstić information content (AvgIpc) is 3.14. The molecule has 1 saturated heterocycles. The summed E-state index contributed by atoms with van der Waals surface area (Å²) in [5.74, 6) is -1.46. The van der Waals surface area contributed by atoms with Crippen LogP contribution >= 0.6 is 0 Å². The Balaban J connectivity index is 1.47. The number of anilines is 2. The van der Waals surface area contributed by atoms with Gasteiger partial charge in [0.25, 0.3) is 11.8 Å². The zero-order valence-electron chi connectivity index (χ0n) is 14.8. The molecule has 0 bridgehead atoms. The highest BCUT2D eigenvalue weighted by Gasteiger charge is 2.36. The summed E-state index contributed by atoms with van der Waals surface area (Å²) in [6.07, 6.45) is 0.554. The molecule has 144 valence electrons. The zero-order valence-corrected chi connectivity index (χ0v) is 15.6. The van der Waals surface area contributed by atoms with Gasteiger partial charge >= 0.3 is 0 Å². The van der Waals surface area contributed by atoms with Gasteiger partial charge in [0.1, 0.15) is 6.54 Å². The summed E-state index contributed by atoms with van der Waals surface area (Å²) in [6, 6.07) is 12.9. The van der Waals surface area contributed by atoms with Gasteiger partial charge < -0.3 is 5.32 Å². The van der Waals surface area contributed by atoms with Crippen LogP contribution < -0.4 is 9.62 Å². The molecule has 0 spiro atoms. The molecular weight excluding hydrogens is 382 g/mol. The van der Waals surface area contributed by atoms with Gasteiger partial charge in [0.15, 0.2) is 0 Å². The third kappa shape index (κ3) is 3.13. The summed E-state index contributed by atoms with van der Waals surface area (Å²) < 4.78 is 25.4. The highest BCUT2D eigenvalue weighted by atomic mass is 32.2. The lowest BCUT2D eigenvalue weighted by Gasteiger charge is -2.18. The van der Waals surface area contributed by atoms with Crippen LogP contribution in [0.3, 0.4) is 0 Å². The van der Waals surface area contributed by atoms with Gasteiger partial charge in [-0.15, -0.1) is 0 Å². The number of nitrogens with zero attached hydrogens (tertiary/aromatic N) is 2. The maximum absolute atomic E-state index is 12.4. The Morgan fingerprint density at radius 2 is 1.68 bits per heavy atom. The van der Waals surface area contributed by atoms with Gasteiger partial charge in [-0.25, -0.2) is 8.42 Å². The smallest absolute Gasteiger partial charge is 0.262 e. The number of fused-ring (bicyclic) bond motifs is 1. The van der Waals surface area contributed by atoms with Crippen LogP contribution in [0.15, 0.2) is 48.5 Å². The molecule has 1 N–H and O–H groups in total. The number of hydrogen-bond acceptors (Lipinski definition) is 5. The molecule has 28 heavy (non-hydrogen) atoms. The van der Waals surface area contributed by atoms with Crippen molar-refractivity contribution in [2.24, 2.45) is 0 Å². The van der Waals surface area contributed by atoms with Crippen molar-refractivity contribution in [1.29, 1.82) is 0 Å². The fraction of sp³-hybridized carbons (Fsp3) is 0.211. The molecule has 2 aromatic rings. The third-order valence-corrected chi connectivity index (χ3v) is 6.57. The first-order valence-corrected chi connectivity index (χ1v) is 10.3. The summed E-state index contributed by atoms with van der Waals surface area (Å²) in [4.78, 5) is 38.0. The van der Waals surface area contributed by atoms with Crippen molar-refractivity contribution in [3.05, 3.63) is 59.7 Å². The first kappa shape index (κ1) is 18.2. The monoisotopic (exact) mass is 399 g/mol. The van der Waals surface area contributed by atoms with E-state index in [9.17, 15) is 22.8 Å². The van der Waals surface area contributed by atoms with Gasteiger partial charge in [0.05, 0.1) is 22.6 Å². The van der Waals surface area contributed by atoms with E-state index in [1.807, 2.05) is 0 Å². The van der Waals surface area contributed by atoms with E-state index in [1.54, 1.807) is 48.5 Å². The molecule has 4 rings (SSSR count). The first-order valence-electron chi connectivity index (χ1n) is 8.72. The van der Waals surface area contributed by atoms with Gasteiger partial charge in [0.2, 0.25) is 15.9 Å². The minimum absolute atomic E-state index is 0.101. The normalized spacial score (nSPS) is 17.7. The number of benzene rings is 2. The quantitative estimate of drug-likeness (QED) is 0.784. The fourth-order valence-electron chi connectivity index (χ4n) is 3.40. The van der Waals surface area contributed by atoms with E-state index in [4.69, 9.17) is 0 Å². The summed E-state index contributed by atoms with van der Waals surface area (Å²) in [5.41, 5.74) is 1.42. The summed E-state index contributed by atoms with van der Waals surface area (Å²) in [5, 5.41) is 2.62. The summed E-state index contributed by atoms with van der Waals surface area (Å²) >= 11 is 0. The standard InChI is InChI=1S/C19H17N3O5S/c23-17(12-21-18(24)15-7-1-2-8-16(15)19(21)25)20-13-5-3-6-14(11-13)22-9-4-10-28(22,26)27/h1-3,5-8,11H,4,9-10,12H2,(H,20,23). The molecule has 8 nitrogen and oxygen atoms in total. The topological polar surface area (TPSA) is 104 Å². The average molecular weight is 399 g/mol. The van der Waals surface area contributed by atoms with Crippen molar-refractivity contribution < 1.29 is 22.8 Å². The van der Waals surface area contributed by atoms with Gasteiger partial charge in [-0.2, -0.15) is 0 Å². The number of imide groups is 1. The minimum atomic E-state index is -3.33. The van der Waals surface area contributed by atoms with Crippen LogP contribution in [0.4, 0.5) is 11.4 Å². The zero-order chi connectivity index (χ0) is 19.9. The second kappa shape index (κ2) is 6.75. The van der Waals surface area contributed by atoms with Crippen molar-refractivity contribution in [2.45, 2.75) is 6.42 Å². The van der Waals surface area contributed by atoms with Crippen molar-refractivity contribution in [3.8, 4) is 0 Å². The lowest BCUT2D eigenvalue weighted by Crippen LogP contribution is -2.37. The molecule has 0 unspecified atom stereocenters. The Morgan fingerprint density at radius 1 is 1.00 bits per heavy atom. The molecule has 0 aliphatic carbocycles. The molecular formula is C19H17N3O5S. The number of carbonyl (C=O) groups is 3. The van der Waals surface area contributed by atoms with Crippen LogP contribution in [0.25, 0.3) is 0 Å². The van der Waals surface area contributed by atoms with E-state index in [-0.39, 0.29) is 16.9 Å². The number of carbonyl (C=O) groups excluding carboxylic acids is 3. The SMILES string of the molecule is O=C(CN1C(=O)c2ccccc2C1=O)Nc1cccc(N2CCCS2(=O)=O)c1. The van der Waals surface area contributed by atoms with E-state index in [0.717, 1.165) is 4.90 Å². The van der Waals surface area contributed by atoms with Gasteiger partial charge in [-0.05, 0) is 36.8 Å². The van der Waals surface area contributed by atoms with Crippen molar-refractivity contribution in [1.82, 2.24) is 4.90 Å². The molecule has 0 saturated carbocycles. The molecule has 3 amide bonds. The van der Waals surface area contributed by atoms with Gasteiger partial charge in [-0.1, -0.05) is 18.2 Å². The third-order valence-electron chi connectivity index (χ3n) is 4.70. The number of hydrogen-bond donors (Lipinski definition) is 1. The molecule has 2 aliphatic rings. The Morgan fingerprint density at radius 3 is 2.29 bits per heavy atom. The van der Waals surface area contributed by atoms with Crippen LogP contribution in [0, 0.1) is 0 Å². The predicted molar refractivity (Wildman–Crippen MR) is 103 cm³/mol. The molecule has 0 atom stereocenters. The van der Waals surface area contributed by atoms with E-state index in [1.165, 1.54) is 4.31 Å². The minimum Gasteiger partial charge on any atom is -0.324 e. The Bertz CT molecular complexity index is 1060. The Labute approximate surface area is 161 Å². The molecule has 2 aliphatic heterocycles. The second-order valence-electron chi connectivity index (χ2n) is 6.58. The molecule has 1 fully saturated rings. The molecule has 9 heteroatoms. The van der Waals surface area contributed by atoms with Crippen LogP contribution in [-0.4, -0.2) is 49.9 Å². The maximum Gasteiger partial charge on any atom is 0.262 e. The largest absolute Gasteiger partial charge is 0.324 e. The van der Waals surface area contributed by atoms with Crippen molar-refractivity contribution >= 4 is 39.1 Å². The van der Waals surface area contributed by atoms with Crippen LogP contribution in [0.5, 0.6) is 0 Å². The molecule has 0 radical (unpaired) electrons. The van der Waals surface area contributed by atoms with E-state index in [2.05, 4.69) is 5.32 Å². The van der Waals surface area contributed by atoms with E-state index >= 15 is 0 Å². The second-order valence-corrected chi connectivity index (χ2v) is 8.60. The van der Waals surface area contributed by atoms with Crippen molar-refractivity contribution in [2.75, 3.05) is 28.5 Å². The Kier molecular flexibility index (Phi) is 4.38. The predicted octanol–water partition coefficient (Wildman–Crippen LogP) is 1.46. The number of amides is 3. The number of nitrogens with one attached hydrogen (secondary N) is 1. The van der Waals surface area contributed by atoms with E-state index in [0.29, 0.717) is 24.3 Å². The highest BCUT2D eigenvalue weighted by molar-refractivity contribution is 7.93. The van der Waals surface area contributed by atoms with Gasteiger partial charge in [-0.3, -0.25) is 23.6 Å². The maximum atomic E-state index is 12.4. The van der Waals surface area contributed by atoms with Crippen LogP contribution in [0.2, 0.25) is 0 Å². The summed E-state index contributed by atoms with van der Waals surface area (Å²) in [7, 11) is -3.33. The van der Waals surface area contributed by atoms with Gasteiger partial charge in [0, 0.05) is 12.2 Å². The van der Waals surface area contributed by atoms with Crippen molar-refractivity contribution in [3.63, 3.8) is 0 Å². The number of sulfonamides is 1. The lowest BCUT2D eigenvalue weighted by atomic mass is 10.1. The van der Waals surface area contributed by atoms with E-state index < -0.39 is 34.3 Å². The molecule has 2 heterocycles. The number of rotatable bonds is 4. The van der Waals surface area contributed by atoms with Crippen LogP contribution in [-0.2, 0) is 14.8 Å². The molecule has 0 aromatic heterocycles.